The summed E-state index contributed by atoms with van der Waals surface area (Å²) in [6.07, 6.45) is 0.195. The predicted octanol–water partition coefficient (Wildman–Crippen LogP) is -0.651. The Kier molecular flexibility index (Phi) is 2.04. The van der Waals surface area contributed by atoms with Gasteiger partial charge in [0, 0.05) is 13.5 Å². The fourth-order valence-corrected chi connectivity index (χ4v) is 2.45. The molecule has 1 heterocycles. The largest absolute Gasteiger partial charge is 0.390 e. The second kappa shape index (κ2) is 2.96. The molecule has 0 bridgehead atoms. The number of fused-ring (bicyclic) bond motifs is 1. The first-order valence-corrected chi connectivity index (χ1v) is 4.74. The van der Waals surface area contributed by atoms with Crippen LogP contribution in [0.3, 0.4) is 0 Å². The van der Waals surface area contributed by atoms with Crippen molar-refractivity contribution < 1.29 is 15.0 Å². The molecule has 0 aromatic rings. The molecule has 1 amide bonds. The zero-order valence-corrected chi connectivity index (χ0v) is 7.68. The fraction of sp³-hybridized carbons (Fsp3) is 0.889. The van der Waals surface area contributed by atoms with Gasteiger partial charge in [-0.05, 0) is 18.8 Å². The molecule has 13 heavy (non-hydrogen) atoms. The van der Waals surface area contributed by atoms with E-state index in [0.717, 1.165) is 13.0 Å². The third-order valence-electron chi connectivity index (χ3n) is 3.26. The lowest BCUT2D eigenvalue weighted by Crippen LogP contribution is -2.67. The van der Waals surface area contributed by atoms with Crippen LogP contribution in [0.25, 0.3) is 0 Å². The molecule has 0 radical (unpaired) electrons. The number of likely N-dealkylation sites (tertiary alicyclic amines) is 1. The first kappa shape index (κ1) is 8.97. The maximum absolute atomic E-state index is 11.1. The molecule has 4 atom stereocenters. The number of rotatable bonds is 0. The van der Waals surface area contributed by atoms with E-state index in [1.807, 2.05) is 0 Å². The summed E-state index contributed by atoms with van der Waals surface area (Å²) >= 11 is 0. The van der Waals surface area contributed by atoms with Gasteiger partial charge in [0.1, 0.15) is 6.10 Å². The van der Waals surface area contributed by atoms with E-state index >= 15 is 0 Å². The quantitative estimate of drug-likeness (QED) is 0.527. The van der Waals surface area contributed by atoms with Crippen molar-refractivity contribution in [1.29, 1.82) is 0 Å². The SMILES string of the molecule is CC(=O)N1C[C@@H]2CC[C@@H](O)[C@@H](O)[C@@H]21. The molecule has 2 N–H and O–H groups in total. The highest BCUT2D eigenvalue weighted by molar-refractivity contribution is 5.74. The molecule has 2 fully saturated rings. The maximum Gasteiger partial charge on any atom is 0.219 e. The molecule has 0 spiro atoms. The molecule has 4 nitrogen and oxygen atoms in total. The number of hydrogen-bond acceptors (Lipinski definition) is 3. The van der Waals surface area contributed by atoms with Crippen molar-refractivity contribution >= 4 is 5.91 Å². The summed E-state index contributed by atoms with van der Waals surface area (Å²) in [6.45, 7) is 2.26. The van der Waals surface area contributed by atoms with Crippen molar-refractivity contribution in [3.63, 3.8) is 0 Å². The van der Waals surface area contributed by atoms with Crippen molar-refractivity contribution in [3.8, 4) is 0 Å². The molecule has 1 aliphatic carbocycles. The van der Waals surface area contributed by atoms with E-state index in [9.17, 15) is 15.0 Å². The monoisotopic (exact) mass is 185 g/mol. The molecule has 4 heteroatoms. The Balaban J connectivity index is 2.07. The third kappa shape index (κ3) is 1.25. The van der Waals surface area contributed by atoms with Gasteiger partial charge in [0.2, 0.25) is 5.91 Å². The summed E-state index contributed by atoms with van der Waals surface area (Å²) in [5.74, 6) is 0.400. The van der Waals surface area contributed by atoms with Crippen molar-refractivity contribution in [2.75, 3.05) is 6.54 Å². The minimum atomic E-state index is -0.739. The lowest BCUT2D eigenvalue weighted by Gasteiger charge is -2.53. The first-order chi connectivity index (χ1) is 6.11. The number of nitrogens with zero attached hydrogens (tertiary/aromatic N) is 1. The minimum absolute atomic E-state index is 0.00519. The Bertz CT molecular complexity index is 231. The molecule has 2 rings (SSSR count). The van der Waals surface area contributed by atoms with Gasteiger partial charge in [0.05, 0.1) is 12.1 Å². The van der Waals surface area contributed by atoms with Gasteiger partial charge >= 0.3 is 0 Å². The first-order valence-electron chi connectivity index (χ1n) is 4.74. The highest BCUT2D eigenvalue weighted by Gasteiger charge is 2.49. The van der Waals surface area contributed by atoms with E-state index in [-0.39, 0.29) is 11.9 Å². The number of hydrogen-bond donors (Lipinski definition) is 2. The second-order valence-electron chi connectivity index (χ2n) is 4.06. The smallest absolute Gasteiger partial charge is 0.219 e. The summed E-state index contributed by atoms with van der Waals surface area (Å²) in [5, 5.41) is 19.1. The summed E-state index contributed by atoms with van der Waals surface area (Å²) in [6, 6.07) is -0.124. The molecule has 74 valence electrons. The number of aliphatic hydroxyl groups is 2. The van der Waals surface area contributed by atoms with Gasteiger partial charge in [-0.2, -0.15) is 0 Å². The highest BCUT2D eigenvalue weighted by Crippen LogP contribution is 2.37. The average molecular weight is 185 g/mol. The van der Waals surface area contributed by atoms with Crippen LogP contribution in [0.1, 0.15) is 19.8 Å². The topological polar surface area (TPSA) is 60.8 Å². The zero-order chi connectivity index (χ0) is 9.59. The number of aliphatic hydroxyl groups excluding tert-OH is 2. The second-order valence-corrected chi connectivity index (χ2v) is 4.06. The summed E-state index contributed by atoms with van der Waals surface area (Å²) < 4.78 is 0. The molecular weight excluding hydrogens is 170 g/mol. The van der Waals surface area contributed by atoms with Crippen LogP contribution in [-0.4, -0.2) is 45.8 Å². The fourth-order valence-electron chi connectivity index (χ4n) is 2.45. The van der Waals surface area contributed by atoms with Gasteiger partial charge in [0.25, 0.3) is 0 Å². The Hall–Kier alpha value is -0.610. The Morgan fingerprint density at radius 2 is 2.08 bits per heavy atom. The van der Waals surface area contributed by atoms with Gasteiger partial charge in [-0.15, -0.1) is 0 Å². The van der Waals surface area contributed by atoms with E-state index in [0.29, 0.717) is 12.3 Å². The summed E-state index contributed by atoms with van der Waals surface area (Å²) in [5.41, 5.74) is 0. The summed E-state index contributed by atoms with van der Waals surface area (Å²) in [7, 11) is 0. The van der Waals surface area contributed by atoms with Gasteiger partial charge in [-0.1, -0.05) is 0 Å². The van der Waals surface area contributed by atoms with Crippen molar-refractivity contribution in [2.24, 2.45) is 5.92 Å². The predicted molar refractivity (Wildman–Crippen MR) is 45.9 cm³/mol. The standard InChI is InChI=1S/C9H15NO3/c1-5(11)10-4-6-2-3-7(12)9(13)8(6)10/h6-9,12-13H,2-4H2,1H3/t6-,7+,8+,9+/m0/s1. The minimum Gasteiger partial charge on any atom is -0.390 e. The molecule has 0 aromatic heterocycles. The van der Waals surface area contributed by atoms with Crippen LogP contribution in [0.15, 0.2) is 0 Å². The van der Waals surface area contributed by atoms with E-state index in [1.54, 1.807) is 4.90 Å². The Morgan fingerprint density at radius 3 is 2.69 bits per heavy atom. The van der Waals surface area contributed by atoms with Crippen LogP contribution < -0.4 is 0 Å². The molecule has 2 aliphatic rings. The van der Waals surface area contributed by atoms with E-state index in [1.165, 1.54) is 6.92 Å². The van der Waals surface area contributed by atoms with Crippen molar-refractivity contribution in [3.05, 3.63) is 0 Å². The zero-order valence-electron chi connectivity index (χ0n) is 7.68. The lowest BCUT2D eigenvalue weighted by atomic mass is 9.74. The van der Waals surface area contributed by atoms with Crippen LogP contribution >= 0.6 is 0 Å². The molecular formula is C9H15NO3. The van der Waals surface area contributed by atoms with Crippen LogP contribution in [-0.2, 0) is 4.79 Å². The van der Waals surface area contributed by atoms with Crippen LogP contribution in [0.2, 0.25) is 0 Å². The van der Waals surface area contributed by atoms with Gasteiger partial charge in [0.15, 0.2) is 0 Å². The van der Waals surface area contributed by atoms with Gasteiger partial charge in [-0.3, -0.25) is 4.79 Å². The highest BCUT2D eigenvalue weighted by atomic mass is 16.3. The van der Waals surface area contributed by atoms with Crippen LogP contribution in [0, 0.1) is 5.92 Å². The molecule has 1 saturated carbocycles. The molecule has 0 unspecified atom stereocenters. The van der Waals surface area contributed by atoms with Crippen molar-refractivity contribution in [1.82, 2.24) is 4.90 Å². The van der Waals surface area contributed by atoms with Crippen LogP contribution in [0.4, 0.5) is 0 Å². The number of carbonyl (C=O) groups is 1. The molecule has 1 saturated heterocycles. The van der Waals surface area contributed by atoms with Crippen LogP contribution in [0.5, 0.6) is 0 Å². The maximum atomic E-state index is 11.1. The van der Waals surface area contributed by atoms with Gasteiger partial charge in [-0.25, -0.2) is 0 Å². The number of amides is 1. The number of carbonyl (C=O) groups excluding carboxylic acids is 1. The summed E-state index contributed by atoms with van der Waals surface area (Å²) in [4.78, 5) is 12.7. The Labute approximate surface area is 77.2 Å². The Morgan fingerprint density at radius 1 is 1.38 bits per heavy atom. The average Bonchev–Trinajstić information content (AvgIpc) is 1.98. The molecule has 1 aliphatic heterocycles. The normalized spacial score (nSPS) is 43.8. The van der Waals surface area contributed by atoms with E-state index in [2.05, 4.69) is 0 Å². The molecule has 0 aromatic carbocycles. The lowest BCUT2D eigenvalue weighted by molar-refractivity contribution is -0.166. The third-order valence-corrected chi connectivity index (χ3v) is 3.26. The van der Waals surface area contributed by atoms with E-state index in [4.69, 9.17) is 0 Å². The van der Waals surface area contributed by atoms with Gasteiger partial charge < -0.3 is 15.1 Å². The van der Waals surface area contributed by atoms with Crippen molar-refractivity contribution in [2.45, 2.75) is 38.0 Å². The van der Waals surface area contributed by atoms with E-state index < -0.39 is 12.2 Å².